The second kappa shape index (κ2) is 18.5. The van der Waals surface area contributed by atoms with Gasteiger partial charge in [-0.15, -0.1) is 57.5 Å². The van der Waals surface area contributed by atoms with Crippen LogP contribution in [-0.2, 0) is 21.7 Å². The van der Waals surface area contributed by atoms with Gasteiger partial charge in [-0.2, -0.15) is 0 Å². The first-order chi connectivity index (χ1) is 31.8. The molecule has 0 spiro atoms. The molecule has 12 rings (SSSR count). The quantitative estimate of drug-likeness (QED) is 0.0808. The van der Waals surface area contributed by atoms with Gasteiger partial charge in [-0.25, -0.2) is 0 Å². The van der Waals surface area contributed by atoms with Gasteiger partial charge in [-0.3, -0.25) is 0 Å². The maximum atomic E-state index is 4.76. The zero-order valence-electron chi connectivity index (χ0n) is 37.8. The highest BCUT2D eigenvalue weighted by Crippen LogP contribution is 2.63. The standard InChI is InChI=1S/C58H42Si2.2CH2Cl2/c1-59(2,3)41-39-57-49-31-17-11-25-43(49)55(44-26-12-18-32-50(44)57,45-27-13-19-33-51(45)57)37-23-9-7-8-10-24-38-56-46-28-14-20-34-52(46)58(40-42-60(4,5)6,53-35-21-15-29-47(53)56)54-36-22-16-30-48(54)56;2*2-1-3/h11-22,25-36H,1-6H3;2*1H2. The summed E-state index contributed by atoms with van der Waals surface area (Å²) in [6.45, 7) is 13.9. The van der Waals surface area contributed by atoms with Crippen LogP contribution in [0.4, 0.5) is 0 Å². The molecular weight excluding hydrogens is 919 g/mol. The van der Waals surface area contributed by atoms with Crippen molar-refractivity contribution in [2.75, 3.05) is 10.7 Å². The molecule has 0 fully saturated rings. The Bertz CT molecular complexity index is 2840. The molecule has 6 aromatic rings. The third-order valence-corrected chi connectivity index (χ3v) is 14.2. The Kier molecular flexibility index (Phi) is 13.1. The van der Waals surface area contributed by atoms with Crippen molar-refractivity contribution in [1.29, 1.82) is 0 Å². The number of halogens is 4. The van der Waals surface area contributed by atoms with Crippen LogP contribution in [0.5, 0.6) is 0 Å². The Morgan fingerprint density at radius 1 is 0.288 bits per heavy atom. The van der Waals surface area contributed by atoms with E-state index in [-0.39, 0.29) is 10.7 Å². The Balaban J connectivity index is 0.000000938. The van der Waals surface area contributed by atoms with Gasteiger partial charge < -0.3 is 0 Å². The SMILES string of the molecule is C[Si](C)(C)C#CC12c3ccccc3C(C#CC#CC#CC#CC34c5ccccc5C(C#C[Si](C)(C)C)(c5ccccc53)c3ccccc34)(c3ccccc31)c1ccccc12.ClCCl.ClCCl. The highest BCUT2D eigenvalue weighted by atomic mass is 35.5. The minimum Gasteiger partial charge on any atom is -0.130 e. The summed E-state index contributed by atoms with van der Waals surface area (Å²) in [5.74, 6) is 34.2. The van der Waals surface area contributed by atoms with Crippen molar-refractivity contribution in [1.82, 2.24) is 0 Å². The van der Waals surface area contributed by atoms with Crippen LogP contribution in [0.25, 0.3) is 0 Å². The van der Waals surface area contributed by atoms with E-state index in [4.69, 9.17) is 46.4 Å². The summed E-state index contributed by atoms with van der Waals surface area (Å²) >= 11 is 19.1. The average molecular weight is 965 g/mol. The van der Waals surface area contributed by atoms with Crippen LogP contribution in [0.2, 0.25) is 39.3 Å². The van der Waals surface area contributed by atoms with Gasteiger partial charge in [0.2, 0.25) is 0 Å². The van der Waals surface area contributed by atoms with E-state index in [2.05, 4.69) is 255 Å². The monoisotopic (exact) mass is 962 g/mol. The second-order valence-corrected chi connectivity index (χ2v) is 29.6. The molecule has 0 N–H and O–H groups in total. The van der Waals surface area contributed by atoms with Gasteiger partial charge in [0.15, 0.2) is 0 Å². The van der Waals surface area contributed by atoms with E-state index in [1.807, 2.05) is 0 Å². The fourth-order valence-corrected chi connectivity index (χ4v) is 11.4. The third kappa shape index (κ3) is 7.54. The minimum atomic E-state index is -1.72. The van der Waals surface area contributed by atoms with Gasteiger partial charge in [0, 0.05) is 0 Å². The summed E-state index contributed by atoms with van der Waals surface area (Å²) in [6, 6.07) is 52.4. The summed E-state index contributed by atoms with van der Waals surface area (Å²) in [5, 5.41) is 0.389. The van der Waals surface area contributed by atoms with Crippen molar-refractivity contribution < 1.29 is 0 Å². The lowest BCUT2D eigenvalue weighted by Gasteiger charge is -2.52. The van der Waals surface area contributed by atoms with Crippen LogP contribution < -0.4 is 0 Å². The number of benzene rings is 6. The average Bonchev–Trinajstić information content (AvgIpc) is 3.32. The lowest BCUT2D eigenvalue weighted by atomic mass is 9.47. The molecule has 0 aromatic heterocycles. The first-order valence-corrected chi connectivity index (χ1v) is 30.9. The molecule has 0 atom stereocenters. The van der Waals surface area contributed by atoms with Gasteiger partial charge in [0.1, 0.15) is 37.8 Å². The van der Waals surface area contributed by atoms with Gasteiger partial charge >= 0.3 is 0 Å². The van der Waals surface area contributed by atoms with Gasteiger partial charge in [0.25, 0.3) is 0 Å². The molecule has 0 aliphatic heterocycles. The van der Waals surface area contributed by atoms with E-state index in [9.17, 15) is 0 Å². The van der Waals surface area contributed by atoms with Gasteiger partial charge in [0.05, 0.1) is 10.7 Å². The Morgan fingerprint density at radius 3 is 0.606 bits per heavy atom. The minimum absolute atomic E-state index is 0.194. The second-order valence-electron chi connectivity index (χ2n) is 18.5. The molecule has 6 aliphatic carbocycles. The molecule has 6 aliphatic rings. The normalized spacial score (nSPS) is 20.8. The lowest BCUT2D eigenvalue weighted by molar-refractivity contribution is 0.606. The number of hydrogen-bond donors (Lipinski definition) is 0. The molecule has 0 saturated carbocycles. The Hall–Kier alpha value is -5.73. The summed E-state index contributed by atoms with van der Waals surface area (Å²) in [5.41, 5.74) is 19.3. The summed E-state index contributed by atoms with van der Waals surface area (Å²) in [4.78, 5) is 0. The van der Waals surface area contributed by atoms with Crippen molar-refractivity contribution in [3.8, 4) is 70.3 Å². The predicted molar refractivity (Wildman–Crippen MR) is 285 cm³/mol. The summed E-state index contributed by atoms with van der Waals surface area (Å²) < 4.78 is 0. The molecule has 6 heteroatoms. The zero-order valence-corrected chi connectivity index (χ0v) is 42.8. The van der Waals surface area contributed by atoms with Gasteiger partial charge in [-0.05, 0) is 102 Å². The summed E-state index contributed by atoms with van der Waals surface area (Å²) in [6.07, 6.45) is 0. The zero-order chi connectivity index (χ0) is 46.8. The van der Waals surface area contributed by atoms with Crippen molar-refractivity contribution in [2.24, 2.45) is 0 Å². The van der Waals surface area contributed by atoms with Crippen LogP contribution in [-0.4, -0.2) is 26.8 Å². The van der Waals surface area contributed by atoms with E-state index in [0.29, 0.717) is 0 Å². The lowest BCUT2D eigenvalue weighted by Crippen LogP contribution is -2.50. The fraction of sp³-hybridized carbons (Fsp3) is 0.200. The maximum Gasteiger partial charge on any atom is 0.129 e. The molecular formula is C60H46Cl4Si2. The molecule has 0 radical (unpaired) electrons. The van der Waals surface area contributed by atoms with E-state index in [1.54, 1.807) is 0 Å². The van der Waals surface area contributed by atoms with Crippen molar-refractivity contribution in [3.05, 3.63) is 212 Å². The number of alkyl halides is 4. The molecule has 66 heavy (non-hydrogen) atoms. The van der Waals surface area contributed by atoms with Crippen molar-refractivity contribution in [2.45, 2.75) is 60.9 Å². The molecule has 6 aromatic carbocycles. The van der Waals surface area contributed by atoms with Crippen LogP contribution in [0.1, 0.15) is 66.8 Å². The molecule has 4 bridgehead atoms. The number of rotatable bonds is 0. The van der Waals surface area contributed by atoms with Crippen LogP contribution in [0.3, 0.4) is 0 Å². The third-order valence-electron chi connectivity index (χ3n) is 12.5. The first-order valence-electron chi connectivity index (χ1n) is 21.8. The summed E-state index contributed by atoms with van der Waals surface area (Å²) in [7, 11) is -3.43. The van der Waals surface area contributed by atoms with Crippen molar-refractivity contribution >= 4 is 62.6 Å². The van der Waals surface area contributed by atoms with E-state index in [0.717, 1.165) is 0 Å². The topological polar surface area (TPSA) is 0 Å². The Labute approximate surface area is 413 Å². The van der Waals surface area contributed by atoms with E-state index < -0.39 is 37.8 Å². The van der Waals surface area contributed by atoms with Crippen LogP contribution in [0, 0.1) is 70.3 Å². The first kappa shape index (κ1) is 46.8. The maximum absolute atomic E-state index is 4.76. The van der Waals surface area contributed by atoms with Crippen LogP contribution >= 0.6 is 46.4 Å². The van der Waals surface area contributed by atoms with Gasteiger partial charge in [-0.1, -0.05) is 209 Å². The Morgan fingerprint density at radius 2 is 0.439 bits per heavy atom. The van der Waals surface area contributed by atoms with Crippen LogP contribution in [0.15, 0.2) is 146 Å². The predicted octanol–water partition coefficient (Wildman–Crippen LogP) is 13.6. The highest BCUT2D eigenvalue weighted by Gasteiger charge is 2.59. The molecule has 0 amide bonds. The fourth-order valence-electron chi connectivity index (χ4n) is 10.3. The van der Waals surface area contributed by atoms with E-state index >= 15 is 0 Å². The molecule has 0 nitrogen and oxygen atoms in total. The van der Waals surface area contributed by atoms with E-state index in [1.165, 1.54) is 66.8 Å². The highest BCUT2D eigenvalue weighted by molar-refractivity contribution is 6.84. The molecule has 0 heterocycles. The molecule has 322 valence electrons. The largest absolute Gasteiger partial charge is 0.130 e. The molecule has 0 saturated heterocycles. The van der Waals surface area contributed by atoms with Crippen molar-refractivity contribution in [3.63, 3.8) is 0 Å². The smallest absolute Gasteiger partial charge is 0.129 e. The molecule has 0 unspecified atom stereocenters. The number of hydrogen-bond acceptors (Lipinski definition) is 0.